The number of benzene rings is 2. The van der Waals surface area contributed by atoms with Crippen molar-refractivity contribution in [2.45, 2.75) is 13.1 Å². The molecule has 4 aromatic rings. The normalized spacial score (nSPS) is 11.1. The predicted molar refractivity (Wildman–Crippen MR) is 98.0 cm³/mol. The molecule has 0 spiro atoms. The van der Waals surface area contributed by atoms with Gasteiger partial charge >= 0.3 is 0 Å². The third kappa shape index (κ3) is 3.81. The van der Waals surface area contributed by atoms with Gasteiger partial charge in [0.05, 0.1) is 23.8 Å². The SMILES string of the molecule is Fc1ccc(-n2cc(CNCc3cn[nH]c3-c3ccc(F)cc3F)cn2)cc1. The monoisotopic (exact) mass is 383 g/mol. The molecule has 2 heterocycles. The van der Waals surface area contributed by atoms with Crippen molar-refractivity contribution in [3.63, 3.8) is 0 Å². The van der Waals surface area contributed by atoms with E-state index >= 15 is 0 Å². The van der Waals surface area contributed by atoms with Crippen LogP contribution in [0.15, 0.2) is 61.1 Å². The number of nitrogens with zero attached hydrogens (tertiary/aromatic N) is 3. The summed E-state index contributed by atoms with van der Waals surface area (Å²) in [6.45, 7) is 0.960. The highest BCUT2D eigenvalue weighted by Gasteiger charge is 2.13. The fraction of sp³-hybridized carbons (Fsp3) is 0.100. The van der Waals surface area contributed by atoms with E-state index in [0.29, 0.717) is 18.8 Å². The maximum atomic E-state index is 14.0. The van der Waals surface area contributed by atoms with Crippen LogP contribution in [0.3, 0.4) is 0 Å². The van der Waals surface area contributed by atoms with Crippen molar-refractivity contribution < 1.29 is 13.2 Å². The molecular formula is C20H16F3N5. The van der Waals surface area contributed by atoms with Gasteiger partial charge in [-0.25, -0.2) is 17.9 Å². The van der Waals surface area contributed by atoms with Crippen molar-refractivity contribution in [2.24, 2.45) is 0 Å². The Morgan fingerprint density at radius 1 is 0.929 bits per heavy atom. The van der Waals surface area contributed by atoms with Crippen LogP contribution in [0.1, 0.15) is 11.1 Å². The van der Waals surface area contributed by atoms with Crippen molar-refractivity contribution in [3.8, 4) is 16.9 Å². The number of hydrogen-bond acceptors (Lipinski definition) is 3. The fourth-order valence-electron chi connectivity index (χ4n) is 2.90. The molecule has 0 saturated heterocycles. The zero-order valence-corrected chi connectivity index (χ0v) is 14.7. The van der Waals surface area contributed by atoms with E-state index in [9.17, 15) is 13.2 Å². The van der Waals surface area contributed by atoms with Gasteiger partial charge in [-0.2, -0.15) is 10.2 Å². The Kier molecular flexibility index (Phi) is 4.94. The number of aromatic nitrogens is 4. The molecule has 28 heavy (non-hydrogen) atoms. The molecule has 2 aromatic heterocycles. The van der Waals surface area contributed by atoms with E-state index in [1.165, 1.54) is 24.3 Å². The third-order valence-corrected chi connectivity index (χ3v) is 4.29. The Morgan fingerprint density at radius 3 is 2.50 bits per heavy atom. The molecule has 0 bridgehead atoms. The predicted octanol–water partition coefficient (Wildman–Crippen LogP) is 3.97. The van der Waals surface area contributed by atoms with Crippen LogP contribution in [0.4, 0.5) is 13.2 Å². The summed E-state index contributed by atoms with van der Waals surface area (Å²) in [5.41, 5.74) is 3.22. The zero-order chi connectivity index (χ0) is 19.5. The Morgan fingerprint density at radius 2 is 1.71 bits per heavy atom. The quantitative estimate of drug-likeness (QED) is 0.530. The lowest BCUT2D eigenvalue weighted by Crippen LogP contribution is -2.12. The van der Waals surface area contributed by atoms with Gasteiger partial charge in [-0.15, -0.1) is 0 Å². The van der Waals surface area contributed by atoms with Gasteiger partial charge in [-0.3, -0.25) is 5.10 Å². The minimum Gasteiger partial charge on any atom is -0.308 e. The molecule has 2 N–H and O–H groups in total. The fourth-order valence-corrected chi connectivity index (χ4v) is 2.90. The molecule has 0 unspecified atom stereocenters. The highest BCUT2D eigenvalue weighted by molar-refractivity contribution is 5.63. The van der Waals surface area contributed by atoms with Crippen molar-refractivity contribution in [3.05, 3.63) is 89.6 Å². The van der Waals surface area contributed by atoms with E-state index in [-0.39, 0.29) is 11.4 Å². The molecule has 4 rings (SSSR count). The maximum absolute atomic E-state index is 14.0. The molecule has 0 fully saturated rings. The van der Waals surface area contributed by atoms with Crippen LogP contribution in [0, 0.1) is 17.5 Å². The molecule has 0 atom stereocenters. The van der Waals surface area contributed by atoms with Gasteiger partial charge in [-0.1, -0.05) is 0 Å². The van der Waals surface area contributed by atoms with Gasteiger partial charge < -0.3 is 5.32 Å². The van der Waals surface area contributed by atoms with Crippen LogP contribution in [-0.2, 0) is 13.1 Å². The zero-order valence-electron chi connectivity index (χ0n) is 14.7. The highest BCUT2D eigenvalue weighted by Crippen LogP contribution is 2.24. The Balaban J connectivity index is 1.41. The lowest BCUT2D eigenvalue weighted by Gasteiger charge is -2.06. The molecular weight excluding hydrogens is 367 g/mol. The smallest absolute Gasteiger partial charge is 0.135 e. The summed E-state index contributed by atoms with van der Waals surface area (Å²) in [6, 6.07) is 9.49. The lowest BCUT2D eigenvalue weighted by atomic mass is 10.1. The van der Waals surface area contributed by atoms with Gasteiger partial charge in [0.15, 0.2) is 0 Å². The van der Waals surface area contributed by atoms with Crippen molar-refractivity contribution in [1.82, 2.24) is 25.3 Å². The second kappa shape index (κ2) is 7.69. The van der Waals surface area contributed by atoms with Gasteiger partial charge in [0.1, 0.15) is 17.5 Å². The average molecular weight is 383 g/mol. The summed E-state index contributed by atoms with van der Waals surface area (Å²) < 4.78 is 41.8. The Bertz CT molecular complexity index is 1090. The summed E-state index contributed by atoms with van der Waals surface area (Å²) in [7, 11) is 0. The van der Waals surface area contributed by atoms with Crippen LogP contribution < -0.4 is 5.32 Å². The molecule has 0 aliphatic rings. The largest absolute Gasteiger partial charge is 0.308 e. The molecule has 0 aliphatic carbocycles. The van der Waals surface area contributed by atoms with E-state index in [1.54, 1.807) is 29.2 Å². The van der Waals surface area contributed by atoms with E-state index in [0.717, 1.165) is 22.9 Å². The first-order valence-corrected chi connectivity index (χ1v) is 8.58. The molecule has 0 aliphatic heterocycles. The Labute approximate surface area is 158 Å². The van der Waals surface area contributed by atoms with Crippen molar-refractivity contribution >= 4 is 0 Å². The van der Waals surface area contributed by atoms with E-state index in [1.807, 2.05) is 6.20 Å². The molecule has 0 saturated carbocycles. The minimum atomic E-state index is -0.647. The maximum Gasteiger partial charge on any atom is 0.135 e. The van der Waals surface area contributed by atoms with Gasteiger partial charge in [0.25, 0.3) is 0 Å². The van der Waals surface area contributed by atoms with Crippen LogP contribution in [-0.4, -0.2) is 20.0 Å². The van der Waals surface area contributed by atoms with E-state index < -0.39 is 11.6 Å². The van der Waals surface area contributed by atoms with Crippen LogP contribution in [0.5, 0.6) is 0 Å². The van der Waals surface area contributed by atoms with Crippen molar-refractivity contribution in [2.75, 3.05) is 0 Å². The first-order chi connectivity index (χ1) is 13.6. The van der Waals surface area contributed by atoms with Gasteiger partial charge in [0, 0.05) is 42.0 Å². The number of H-pyrrole nitrogens is 1. The molecule has 8 heteroatoms. The van der Waals surface area contributed by atoms with E-state index in [2.05, 4.69) is 20.6 Å². The summed E-state index contributed by atoms with van der Waals surface area (Å²) in [5.74, 6) is -1.57. The average Bonchev–Trinajstić information content (AvgIpc) is 3.32. The molecule has 142 valence electrons. The van der Waals surface area contributed by atoms with Crippen LogP contribution in [0.25, 0.3) is 16.9 Å². The van der Waals surface area contributed by atoms with Gasteiger partial charge in [-0.05, 0) is 36.4 Å². The van der Waals surface area contributed by atoms with Crippen LogP contribution in [0.2, 0.25) is 0 Å². The summed E-state index contributed by atoms with van der Waals surface area (Å²) >= 11 is 0. The van der Waals surface area contributed by atoms with E-state index in [4.69, 9.17) is 0 Å². The first kappa shape index (κ1) is 18.0. The number of rotatable bonds is 6. The molecule has 5 nitrogen and oxygen atoms in total. The second-order valence-corrected chi connectivity index (χ2v) is 6.27. The molecule has 0 radical (unpaired) electrons. The third-order valence-electron chi connectivity index (χ3n) is 4.29. The number of hydrogen-bond donors (Lipinski definition) is 2. The summed E-state index contributed by atoms with van der Waals surface area (Å²) in [4.78, 5) is 0. The minimum absolute atomic E-state index is 0.264. The number of nitrogens with one attached hydrogen (secondary N) is 2. The number of halogens is 3. The summed E-state index contributed by atoms with van der Waals surface area (Å²) in [6.07, 6.45) is 5.16. The lowest BCUT2D eigenvalue weighted by molar-refractivity contribution is 0.585. The van der Waals surface area contributed by atoms with Crippen molar-refractivity contribution in [1.29, 1.82) is 0 Å². The Hall–Kier alpha value is -3.39. The highest BCUT2D eigenvalue weighted by atomic mass is 19.1. The topological polar surface area (TPSA) is 58.5 Å². The molecule has 0 amide bonds. The second-order valence-electron chi connectivity index (χ2n) is 6.27. The standard InChI is InChI=1S/C20H16F3N5/c21-15-1-4-17(5-2-15)28-12-13(9-26-28)8-24-10-14-11-25-27-20(14)18-6-3-16(22)7-19(18)23/h1-7,9,11-12,24H,8,10H2,(H,25,27). The number of aromatic amines is 1. The van der Waals surface area contributed by atoms with Crippen LogP contribution >= 0.6 is 0 Å². The molecule has 2 aromatic carbocycles. The first-order valence-electron chi connectivity index (χ1n) is 8.58. The summed E-state index contributed by atoms with van der Waals surface area (Å²) in [5, 5.41) is 14.2. The van der Waals surface area contributed by atoms with Gasteiger partial charge in [0.2, 0.25) is 0 Å².